The molecule has 0 saturated heterocycles. The predicted molar refractivity (Wildman–Crippen MR) is 140 cm³/mol. The van der Waals surface area contributed by atoms with E-state index in [-0.39, 0.29) is 18.2 Å². The molecule has 0 unspecified atom stereocenters. The van der Waals surface area contributed by atoms with Gasteiger partial charge in [0.25, 0.3) is 0 Å². The van der Waals surface area contributed by atoms with Gasteiger partial charge in [-0.15, -0.1) is 0 Å². The topological polar surface area (TPSA) is 61.4 Å². The maximum Gasteiger partial charge on any atom is 0.242 e. The van der Waals surface area contributed by atoms with Crippen LogP contribution in [-0.2, 0) is 21.4 Å². The van der Waals surface area contributed by atoms with Crippen LogP contribution in [0.15, 0.2) is 36.4 Å². The molecule has 2 N–H and O–H groups in total. The van der Waals surface area contributed by atoms with E-state index in [0.717, 1.165) is 30.8 Å². The van der Waals surface area contributed by atoms with E-state index < -0.39 is 11.5 Å². The average Bonchev–Trinajstić information content (AvgIpc) is 3.59. The van der Waals surface area contributed by atoms with E-state index in [2.05, 4.69) is 29.4 Å². The summed E-state index contributed by atoms with van der Waals surface area (Å²) in [4.78, 5) is 28.8. The maximum atomic E-state index is 13.4. The molecule has 5 nitrogen and oxygen atoms in total. The summed E-state index contributed by atoms with van der Waals surface area (Å²) in [5.41, 5.74) is 0.691. The number of amides is 2. The van der Waals surface area contributed by atoms with E-state index in [9.17, 15) is 9.59 Å². The smallest absolute Gasteiger partial charge is 0.242 e. The van der Waals surface area contributed by atoms with Gasteiger partial charge in [0.05, 0.1) is 5.41 Å². The van der Waals surface area contributed by atoms with Gasteiger partial charge in [0.2, 0.25) is 11.8 Å². The number of benzene rings is 2. The Balaban J connectivity index is 1.78. The largest absolute Gasteiger partial charge is 0.353 e. The first kappa shape index (κ1) is 27.1. The zero-order valence-corrected chi connectivity index (χ0v) is 22.3. The van der Waals surface area contributed by atoms with Gasteiger partial charge in [-0.3, -0.25) is 9.59 Å². The van der Waals surface area contributed by atoms with Crippen LogP contribution in [0.4, 0.5) is 0 Å². The highest BCUT2D eigenvalue weighted by atomic mass is 35.5. The van der Waals surface area contributed by atoms with Gasteiger partial charge in [-0.1, -0.05) is 72.4 Å². The number of carbonyl (C=O) groups is 2. The fourth-order valence-electron chi connectivity index (χ4n) is 4.03. The molecule has 0 aliphatic heterocycles. The molecule has 3 rings (SSSR count). The second kappa shape index (κ2) is 12.0. The van der Waals surface area contributed by atoms with Gasteiger partial charge in [-0.2, -0.15) is 0 Å². The third-order valence-electron chi connectivity index (χ3n) is 6.31. The van der Waals surface area contributed by atoms with E-state index in [1.165, 1.54) is 0 Å². The van der Waals surface area contributed by atoms with Gasteiger partial charge >= 0.3 is 0 Å². The number of hydrogen-bond acceptors (Lipinski definition) is 3. The van der Waals surface area contributed by atoms with Crippen LogP contribution in [0.5, 0.6) is 0 Å². The zero-order chi connectivity index (χ0) is 24.9. The van der Waals surface area contributed by atoms with Gasteiger partial charge in [-0.05, 0) is 61.3 Å². The Bertz CT molecular complexity index is 1040. The number of rotatable bonds is 11. The molecule has 34 heavy (non-hydrogen) atoms. The Morgan fingerprint density at radius 1 is 0.971 bits per heavy atom. The Labute approximate surface area is 221 Å². The van der Waals surface area contributed by atoms with Crippen LogP contribution < -0.4 is 10.6 Å². The minimum atomic E-state index is -0.800. The van der Waals surface area contributed by atoms with Crippen LogP contribution in [-0.4, -0.2) is 48.9 Å². The molecule has 184 valence electrons. The van der Waals surface area contributed by atoms with Crippen molar-refractivity contribution in [2.75, 3.05) is 26.2 Å². The molecule has 0 spiro atoms. The normalized spacial score (nSPS) is 15.1. The van der Waals surface area contributed by atoms with Crippen molar-refractivity contribution in [3.05, 3.63) is 67.6 Å². The van der Waals surface area contributed by atoms with Crippen molar-refractivity contribution >= 4 is 58.2 Å². The molecule has 0 bridgehead atoms. The van der Waals surface area contributed by atoms with E-state index >= 15 is 0 Å². The number of carbonyl (C=O) groups excluding carboxylic acids is 2. The Morgan fingerprint density at radius 3 is 2.15 bits per heavy atom. The fourth-order valence-corrected chi connectivity index (χ4v) is 5.11. The molecule has 2 aromatic rings. The van der Waals surface area contributed by atoms with E-state index in [1.54, 1.807) is 36.4 Å². The third kappa shape index (κ3) is 6.58. The number of nitrogens with zero attached hydrogens (tertiary/aromatic N) is 1. The summed E-state index contributed by atoms with van der Waals surface area (Å²) < 4.78 is 0. The van der Waals surface area contributed by atoms with Crippen molar-refractivity contribution in [1.82, 2.24) is 15.5 Å². The van der Waals surface area contributed by atoms with E-state index in [1.807, 2.05) is 0 Å². The van der Waals surface area contributed by atoms with E-state index in [0.29, 0.717) is 39.5 Å². The Hall–Kier alpha value is -1.50. The molecule has 0 radical (unpaired) electrons. The molecule has 2 amide bonds. The first-order valence-corrected chi connectivity index (χ1v) is 12.9. The molecule has 0 aromatic heterocycles. The second-order valence-corrected chi connectivity index (χ2v) is 10.2. The number of halogens is 4. The molecule has 1 aliphatic rings. The van der Waals surface area contributed by atoms with E-state index in [4.69, 9.17) is 46.4 Å². The van der Waals surface area contributed by atoms with Gasteiger partial charge in [-0.25, -0.2) is 0 Å². The Kier molecular flexibility index (Phi) is 9.53. The van der Waals surface area contributed by atoms with Crippen LogP contribution in [0, 0.1) is 0 Å². The summed E-state index contributed by atoms with van der Waals surface area (Å²) in [5.74, 6) is -0.491. The minimum Gasteiger partial charge on any atom is -0.353 e. The van der Waals surface area contributed by atoms with Crippen LogP contribution >= 0.6 is 46.4 Å². The minimum absolute atomic E-state index is 0.231. The maximum absolute atomic E-state index is 13.4. The summed E-state index contributed by atoms with van der Waals surface area (Å²) >= 11 is 24.8. The van der Waals surface area contributed by atoms with Gasteiger partial charge < -0.3 is 15.5 Å². The molecule has 1 fully saturated rings. The highest BCUT2D eigenvalue weighted by Crippen LogP contribution is 2.51. The first-order chi connectivity index (χ1) is 16.2. The highest BCUT2D eigenvalue weighted by molar-refractivity contribution is 6.35. The van der Waals surface area contributed by atoms with Crippen molar-refractivity contribution in [2.24, 2.45) is 0 Å². The van der Waals surface area contributed by atoms with Crippen LogP contribution in [0.1, 0.15) is 37.8 Å². The number of nitrogens with one attached hydrogen (secondary N) is 2. The summed E-state index contributed by atoms with van der Waals surface area (Å²) in [5, 5.41) is 7.84. The van der Waals surface area contributed by atoms with Crippen molar-refractivity contribution in [3.8, 4) is 0 Å². The summed E-state index contributed by atoms with van der Waals surface area (Å²) in [6, 6.07) is 9.47. The second-order valence-electron chi connectivity index (χ2n) is 8.49. The predicted octanol–water partition coefficient (Wildman–Crippen LogP) is 5.52. The van der Waals surface area contributed by atoms with Crippen molar-refractivity contribution in [3.63, 3.8) is 0 Å². The van der Waals surface area contributed by atoms with Crippen molar-refractivity contribution < 1.29 is 9.59 Å². The summed E-state index contributed by atoms with van der Waals surface area (Å²) in [6.07, 6.45) is 1.54. The molecular weight excluding hydrogens is 516 g/mol. The summed E-state index contributed by atoms with van der Waals surface area (Å²) in [7, 11) is 0. The van der Waals surface area contributed by atoms with Gasteiger partial charge in [0.15, 0.2) is 0 Å². The monoisotopic (exact) mass is 543 g/mol. The third-order valence-corrected chi connectivity index (χ3v) is 7.45. The highest BCUT2D eigenvalue weighted by Gasteiger charge is 2.53. The Morgan fingerprint density at radius 2 is 1.59 bits per heavy atom. The lowest BCUT2D eigenvalue weighted by Gasteiger charge is -2.24. The zero-order valence-electron chi connectivity index (χ0n) is 19.3. The lowest BCUT2D eigenvalue weighted by molar-refractivity contribution is -0.130. The lowest BCUT2D eigenvalue weighted by Crippen LogP contribution is -2.51. The average molecular weight is 545 g/mol. The fraction of sp³-hybridized carbons (Fsp3) is 0.440. The molecular formula is C25H29Cl4N3O2. The van der Waals surface area contributed by atoms with Crippen LogP contribution in [0.3, 0.4) is 0 Å². The molecule has 0 heterocycles. The van der Waals surface area contributed by atoms with Crippen molar-refractivity contribution in [2.45, 2.75) is 44.6 Å². The van der Waals surface area contributed by atoms with Gasteiger partial charge in [0.1, 0.15) is 6.04 Å². The van der Waals surface area contributed by atoms with Gasteiger partial charge in [0, 0.05) is 39.6 Å². The molecule has 1 saturated carbocycles. The van der Waals surface area contributed by atoms with Crippen LogP contribution in [0.25, 0.3) is 0 Å². The summed E-state index contributed by atoms with van der Waals surface area (Å²) in [6.45, 7) is 7.16. The first-order valence-electron chi connectivity index (χ1n) is 11.4. The quantitative estimate of drug-likeness (QED) is 0.391. The lowest BCUT2D eigenvalue weighted by atomic mass is 9.94. The van der Waals surface area contributed by atoms with Crippen LogP contribution in [0.2, 0.25) is 20.1 Å². The number of hydrogen-bond donors (Lipinski definition) is 2. The molecule has 1 aliphatic carbocycles. The molecule has 2 aromatic carbocycles. The standard InChI is InChI=1S/C25H29Cl4N3O2/c1-3-32(4-2)12-11-30-23(33)22(13-16-5-6-17(26)14-20(16)28)31-24(34)25(9-10-25)19-8-7-18(27)15-21(19)29/h5-8,14-15,22H,3-4,9-13H2,1-2H3,(H,30,33)(H,31,34)/t22-/m0/s1. The number of likely N-dealkylation sites (N-methyl/N-ethyl adjacent to an activating group) is 1. The molecule has 1 atom stereocenters. The van der Waals surface area contributed by atoms with Crippen molar-refractivity contribution in [1.29, 1.82) is 0 Å². The molecule has 9 heteroatoms. The SMILES string of the molecule is CCN(CC)CCNC(=O)[C@H](Cc1ccc(Cl)cc1Cl)NC(=O)C1(c2ccc(Cl)cc2Cl)CC1.